The van der Waals surface area contributed by atoms with E-state index >= 15 is 0 Å². The van der Waals surface area contributed by atoms with Gasteiger partial charge in [-0.25, -0.2) is 0 Å². The molecule has 5 heteroatoms. The highest BCUT2D eigenvalue weighted by Gasteiger charge is 2.40. The molecule has 1 N–H and O–H groups in total. The summed E-state index contributed by atoms with van der Waals surface area (Å²) in [7, 11) is 1.44. The monoisotopic (exact) mass is 336 g/mol. The fraction of sp³-hybridized carbons (Fsp3) is 0.250. The third-order valence-electron chi connectivity index (χ3n) is 5.07. The van der Waals surface area contributed by atoms with Gasteiger partial charge in [-0.1, -0.05) is 25.1 Å². The van der Waals surface area contributed by atoms with Crippen LogP contribution in [0.15, 0.2) is 30.3 Å². The Morgan fingerprint density at radius 3 is 2.36 bits per heavy atom. The molecule has 0 saturated heterocycles. The zero-order chi connectivity index (χ0) is 17.9. The number of benzene rings is 2. The first-order valence-electron chi connectivity index (χ1n) is 8.10. The van der Waals surface area contributed by atoms with E-state index in [0.717, 1.165) is 0 Å². The molecule has 0 aromatic heterocycles. The normalized spacial score (nSPS) is 21.5. The fourth-order valence-corrected chi connectivity index (χ4v) is 3.80. The van der Waals surface area contributed by atoms with Crippen LogP contribution in [0.1, 0.15) is 67.2 Å². The van der Waals surface area contributed by atoms with E-state index in [-0.39, 0.29) is 57.5 Å². The smallest absolute Gasteiger partial charge is 0.198 e. The first-order valence-corrected chi connectivity index (χ1v) is 8.10. The van der Waals surface area contributed by atoms with Crippen molar-refractivity contribution >= 4 is 17.3 Å². The predicted molar refractivity (Wildman–Crippen MR) is 89.4 cm³/mol. The Morgan fingerprint density at radius 1 is 0.960 bits per heavy atom. The van der Waals surface area contributed by atoms with Crippen molar-refractivity contribution in [2.24, 2.45) is 5.92 Å². The summed E-state index contributed by atoms with van der Waals surface area (Å²) in [6, 6.07) is 7.94. The highest BCUT2D eigenvalue weighted by molar-refractivity contribution is 6.32. The summed E-state index contributed by atoms with van der Waals surface area (Å²) in [5, 5.41) is 10.4. The minimum Gasteiger partial charge on any atom is -0.496 e. The van der Waals surface area contributed by atoms with Gasteiger partial charge in [-0.3, -0.25) is 14.4 Å². The quantitative estimate of drug-likeness (QED) is 0.739. The molecule has 4 rings (SSSR count). The van der Waals surface area contributed by atoms with Gasteiger partial charge in [-0.2, -0.15) is 0 Å². The molecule has 0 radical (unpaired) electrons. The first kappa shape index (κ1) is 15.7. The summed E-state index contributed by atoms with van der Waals surface area (Å²) in [5.41, 5.74) is 1.37. The summed E-state index contributed by atoms with van der Waals surface area (Å²) in [4.78, 5) is 38.7. The lowest BCUT2D eigenvalue weighted by atomic mass is 9.73. The molecule has 25 heavy (non-hydrogen) atoms. The van der Waals surface area contributed by atoms with Crippen molar-refractivity contribution in [3.05, 3.63) is 63.7 Å². The van der Waals surface area contributed by atoms with Crippen LogP contribution < -0.4 is 4.74 Å². The van der Waals surface area contributed by atoms with Crippen LogP contribution in [-0.2, 0) is 0 Å². The van der Waals surface area contributed by atoms with Crippen LogP contribution in [0.4, 0.5) is 0 Å². The number of ether oxygens (including phenoxy) is 1. The number of rotatable bonds is 1. The lowest BCUT2D eigenvalue weighted by molar-refractivity contribution is 0.0745. The largest absolute Gasteiger partial charge is 0.496 e. The van der Waals surface area contributed by atoms with Crippen molar-refractivity contribution in [2.45, 2.75) is 19.4 Å². The van der Waals surface area contributed by atoms with Gasteiger partial charge in [-0.15, -0.1) is 0 Å². The molecule has 2 aliphatic rings. The number of hydrogen-bond donors (Lipinski definition) is 1. The van der Waals surface area contributed by atoms with Crippen molar-refractivity contribution in [2.75, 3.05) is 7.11 Å². The number of fused-ring (bicyclic) bond motifs is 4. The van der Waals surface area contributed by atoms with Gasteiger partial charge >= 0.3 is 0 Å². The van der Waals surface area contributed by atoms with Crippen molar-refractivity contribution < 1.29 is 24.2 Å². The molecule has 0 spiro atoms. The van der Waals surface area contributed by atoms with Crippen LogP contribution >= 0.6 is 0 Å². The number of hydrogen-bond acceptors (Lipinski definition) is 5. The second kappa shape index (κ2) is 5.36. The lowest BCUT2D eigenvalue weighted by Crippen LogP contribution is -2.30. The Morgan fingerprint density at radius 2 is 1.64 bits per heavy atom. The standard InChI is InChI=1S/C20H16O5/c1-9-8-13(21)15-11(18(9)22)6-7-12-17(15)20(24)10-4-3-5-14(25-2)16(10)19(12)23/h3-7,9,18,22H,8H2,1-2H3/t9-,18-/m1/s1. The second-order valence-electron chi connectivity index (χ2n) is 6.54. The van der Waals surface area contributed by atoms with Gasteiger partial charge in [0.25, 0.3) is 0 Å². The van der Waals surface area contributed by atoms with E-state index < -0.39 is 6.10 Å². The van der Waals surface area contributed by atoms with Crippen LogP contribution in [0.2, 0.25) is 0 Å². The van der Waals surface area contributed by atoms with Gasteiger partial charge < -0.3 is 9.84 Å². The maximum Gasteiger partial charge on any atom is 0.198 e. The Hall–Kier alpha value is -2.79. The Balaban J connectivity index is 2.03. The zero-order valence-corrected chi connectivity index (χ0v) is 13.8. The maximum atomic E-state index is 13.1. The number of carbonyl (C=O) groups is 3. The van der Waals surface area contributed by atoms with E-state index in [1.165, 1.54) is 13.2 Å². The van der Waals surface area contributed by atoms with E-state index in [4.69, 9.17) is 4.74 Å². The molecule has 2 aromatic rings. The van der Waals surface area contributed by atoms with Crippen molar-refractivity contribution in [3.63, 3.8) is 0 Å². The molecule has 2 aliphatic carbocycles. The summed E-state index contributed by atoms with van der Waals surface area (Å²) in [5.74, 6) is -0.822. The number of carbonyl (C=O) groups excluding carboxylic acids is 3. The fourth-order valence-electron chi connectivity index (χ4n) is 3.80. The topological polar surface area (TPSA) is 80.7 Å². The van der Waals surface area contributed by atoms with E-state index in [9.17, 15) is 19.5 Å². The molecule has 126 valence electrons. The number of aliphatic hydroxyl groups is 1. The van der Waals surface area contributed by atoms with Crippen LogP contribution in [0.3, 0.4) is 0 Å². The van der Waals surface area contributed by atoms with Gasteiger partial charge in [0, 0.05) is 28.7 Å². The van der Waals surface area contributed by atoms with Gasteiger partial charge in [-0.05, 0) is 23.6 Å². The molecule has 0 heterocycles. The van der Waals surface area contributed by atoms with Crippen LogP contribution in [-0.4, -0.2) is 29.6 Å². The minimum atomic E-state index is -0.826. The summed E-state index contributed by atoms with van der Waals surface area (Å²) in [6.45, 7) is 1.79. The molecular formula is C20H16O5. The summed E-state index contributed by atoms with van der Waals surface area (Å²) < 4.78 is 5.23. The summed E-state index contributed by atoms with van der Waals surface area (Å²) in [6.07, 6.45) is -0.676. The highest BCUT2D eigenvalue weighted by atomic mass is 16.5. The van der Waals surface area contributed by atoms with Crippen LogP contribution in [0, 0.1) is 5.92 Å². The molecule has 2 aromatic carbocycles. The van der Waals surface area contributed by atoms with Crippen LogP contribution in [0.5, 0.6) is 5.75 Å². The Kier molecular flexibility index (Phi) is 3.37. The highest BCUT2D eigenvalue weighted by Crippen LogP contribution is 2.41. The van der Waals surface area contributed by atoms with E-state index in [0.29, 0.717) is 11.3 Å². The average Bonchev–Trinajstić information content (AvgIpc) is 2.62. The van der Waals surface area contributed by atoms with Gasteiger partial charge in [0.1, 0.15) is 5.75 Å². The number of methoxy groups -OCH3 is 1. The first-order chi connectivity index (χ1) is 12.0. The third-order valence-corrected chi connectivity index (χ3v) is 5.07. The lowest BCUT2D eigenvalue weighted by Gasteiger charge is -2.30. The minimum absolute atomic E-state index is 0.110. The SMILES string of the molecule is COc1cccc2c1C(=O)c1ccc3c(c1C2=O)C(=O)C[C@@H](C)[C@H]3O. The third kappa shape index (κ3) is 2.02. The molecule has 0 unspecified atom stereocenters. The van der Waals surface area contributed by atoms with Gasteiger partial charge in [0.2, 0.25) is 0 Å². The zero-order valence-electron chi connectivity index (χ0n) is 13.8. The predicted octanol–water partition coefficient (Wildman–Crippen LogP) is 2.73. The molecule has 0 aliphatic heterocycles. The van der Waals surface area contributed by atoms with Gasteiger partial charge in [0.05, 0.1) is 18.8 Å². The van der Waals surface area contributed by atoms with Crippen LogP contribution in [0.25, 0.3) is 0 Å². The van der Waals surface area contributed by atoms with E-state index in [1.807, 2.05) is 0 Å². The maximum absolute atomic E-state index is 13.1. The van der Waals surface area contributed by atoms with E-state index in [2.05, 4.69) is 0 Å². The van der Waals surface area contributed by atoms with E-state index in [1.54, 1.807) is 31.2 Å². The number of aliphatic hydroxyl groups excluding tert-OH is 1. The molecule has 2 atom stereocenters. The Labute approximate surface area is 144 Å². The molecule has 5 nitrogen and oxygen atoms in total. The molecule has 0 amide bonds. The van der Waals surface area contributed by atoms with Crippen molar-refractivity contribution in [1.82, 2.24) is 0 Å². The second-order valence-corrected chi connectivity index (χ2v) is 6.54. The molecule has 0 saturated carbocycles. The van der Waals surface area contributed by atoms with Crippen molar-refractivity contribution in [1.29, 1.82) is 0 Å². The number of Topliss-reactive ketones (excluding diaryl/α,β-unsaturated/α-hetero) is 1. The molecule has 0 bridgehead atoms. The number of ketones is 3. The van der Waals surface area contributed by atoms with Gasteiger partial charge in [0.15, 0.2) is 17.3 Å². The van der Waals surface area contributed by atoms with Crippen molar-refractivity contribution in [3.8, 4) is 5.75 Å². The average molecular weight is 336 g/mol. The molecular weight excluding hydrogens is 320 g/mol. The summed E-state index contributed by atoms with van der Waals surface area (Å²) >= 11 is 0. The molecule has 0 fully saturated rings. The Bertz CT molecular complexity index is 957.